The number of hydrogen-bond acceptors (Lipinski definition) is 9. The zero-order valence-corrected chi connectivity index (χ0v) is 22.0. The summed E-state index contributed by atoms with van der Waals surface area (Å²) in [6.07, 6.45) is 4.99. The normalized spacial score (nSPS) is 20.5. The summed E-state index contributed by atoms with van der Waals surface area (Å²) in [5, 5.41) is 11.2. The van der Waals surface area contributed by atoms with Gasteiger partial charge in [-0.1, -0.05) is 6.58 Å². The number of hydrogen-bond donors (Lipinski definition) is 3. The maximum atomic E-state index is 15.3. The molecule has 2 aliphatic rings. The third kappa shape index (κ3) is 5.89. The van der Waals surface area contributed by atoms with Gasteiger partial charge >= 0.3 is 0 Å². The molecule has 2 fully saturated rings. The van der Waals surface area contributed by atoms with E-state index in [0.717, 1.165) is 30.2 Å². The highest BCUT2D eigenvalue weighted by atomic mass is 19.1. The highest BCUT2D eigenvalue weighted by molar-refractivity contribution is 5.96. The first kappa shape index (κ1) is 26.6. The largest absolute Gasteiger partial charge is 0.497 e. The number of rotatable bonds is 10. The fraction of sp³-hybridized carbons (Fsp3) is 0.393. The van der Waals surface area contributed by atoms with E-state index in [4.69, 9.17) is 23.9 Å². The van der Waals surface area contributed by atoms with Gasteiger partial charge in [-0.15, -0.1) is 0 Å². The van der Waals surface area contributed by atoms with Crippen molar-refractivity contribution >= 4 is 28.3 Å². The first-order valence-corrected chi connectivity index (χ1v) is 12.8. The molecule has 39 heavy (non-hydrogen) atoms. The van der Waals surface area contributed by atoms with E-state index in [-0.39, 0.29) is 35.4 Å². The molecule has 1 unspecified atom stereocenters. The van der Waals surface area contributed by atoms with Gasteiger partial charge in [0, 0.05) is 41.8 Å². The second-order valence-electron chi connectivity index (χ2n) is 9.46. The Morgan fingerprint density at radius 1 is 1.21 bits per heavy atom. The molecule has 0 bridgehead atoms. The molecular formula is C28H32FN5O5. The van der Waals surface area contributed by atoms with Gasteiger partial charge in [-0.3, -0.25) is 4.79 Å². The standard InChI is InChI=1S/C28H32FN5O5/c1-4-26(35)33-23-15-38-14-22(23)32-25-11-19-16(12-30-25)8-21(34-28(19)31-13-17-6-5-7-39-17)20-9-18(36-2)10-24(37-3)27(20)29/h4,8-12,17,22-23H,1,5-7,13-15H2,2-3H3,(H,30,32)(H,31,34)(H,33,35)/t17?,22-,23+/m1/s1. The van der Waals surface area contributed by atoms with Crippen molar-refractivity contribution in [2.24, 2.45) is 0 Å². The number of anilines is 2. The van der Waals surface area contributed by atoms with E-state index in [0.29, 0.717) is 42.8 Å². The van der Waals surface area contributed by atoms with Gasteiger partial charge in [-0.05, 0) is 37.1 Å². The van der Waals surface area contributed by atoms with Crippen molar-refractivity contribution in [3.8, 4) is 22.8 Å². The minimum absolute atomic E-state index is 0.0645. The van der Waals surface area contributed by atoms with Gasteiger partial charge < -0.3 is 34.9 Å². The van der Waals surface area contributed by atoms with Crippen molar-refractivity contribution in [1.29, 1.82) is 0 Å². The average Bonchev–Trinajstić information content (AvgIpc) is 3.64. The number of nitrogens with one attached hydrogen (secondary N) is 3. The zero-order chi connectivity index (χ0) is 27.4. The second kappa shape index (κ2) is 11.8. The third-order valence-electron chi connectivity index (χ3n) is 6.91. The van der Waals surface area contributed by atoms with Crippen LogP contribution in [0.3, 0.4) is 0 Å². The van der Waals surface area contributed by atoms with Gasteiger partial charge in [0.15, 0.2) is 11.6 Å². The number of nitrogens with zero attached hydrogens (tertiary/aromatic N) is 2. The smallest absolute Gasteiger partial charge is 0.243 e. The summed E-state index contributed by atoms with van der Waals surface area (Å²) in [5.41, 5.74) is 0.658. The van der Waals surface area contributed by atoms with Crippen LogP contribution in [0.5, 0.6) is 11.5 Å². The van der Waals surface area contributed by atoms with E-state index in [1.54, 1.807) is 18.3 Å². The van der Waals surface area contributed by atoms with Crippen LogP contribution in [0.25, 0.3) is 22.0 Å². The Morgan fingerprint density at radius 2 is 2.05 bits per heavy atom. The summed E-state index contributed by atoms with van der Waals surface area (Å²) in [5.74, 6) is 0.893. The Kier molecular flexibility index (Phi) is 8.08. The molecule has 0 saturated carbocycles. The molecule has 0 radical (unpaired) electrons. The molecule has 5 rings (SSSR count). The van der Waals surface area contributed by atoms with Gasteiger partial charge in [-0.25, -0.2) is 14.4 Å². The quantitative estimate of drug-likeness (QED) is 0.334. The maximum absolute atomic E-state index is 15.3. The lowest BCUT2D eigenvalue weighted by Crippen LogP contribution is -2.45. The minimum Gasteiger partial charge on any atom is -0.497 e. The number of benzene rings is 1. The van der Waals surface area contributed by atoms with Crippen molar-refractivity contribution in [2.75, 3.05) is 51.2 Å². The van der Waals surface area contributed by atoms with Crippen LogP contribution < -0.4 is 25.4 Å². The van der Waals surface area contributed by atoms with Crippen LogP contribution in [0, 0.1) is 5.82 Å². The molecule has 2 aliphatic heterocycles. The summed E-state index contributed by atoms with van der Waals surface area (Å²) < 4.78 is 37.3. The van der Waals surface area contributed by atoms with Gasteiger partial charge in [0.25, 0.3) is 0 Å². The van der Waals surface area contributed by atoms with Crippen molar-refractivity contribution in [3.63, 3.8) is 0 Å². The lowest BCUT2D eigenvalue weighted by atomic mass is 10.1. The molecule has 11 heteroatoms. The predicted octanol–water partition coefficient (Wildman–Crippen LogP) is 3.53. The molecule has 2 aromatic heterocycles. The van der Waals surface area contributed by atoms with Crippen molar-refractivity contribution in [3.05, 3.63) is 48.9 Å². The number of methoxy groups -OCH3 is 2. The molecule has 3 N–H and O–H groups in total. The van der Waals surface area contributed by atoms with E-state index >= 15 is 4.39 Å². The fourth-order valence-electron chi connectivity index (χ4n) is 4.81. The van der Waals surface area contributed by atoms with E-state index in [2.05, 4.69) is 27.5 Å². The Labute approximate surface area is 225 Å². The Morgan fingerprint density at radius 3 is 2.79 bits per heavy atom. The van der Waals surface area contributed by atoms with Crippen molar-refractivity contribution in [2.45, 2.75) is 31.0 Å². The molecule has 10 nitrogen and oxygen atoms in total. The summed E-state index contributed by atoms with van der Waals surface area (Å²) in [6, 6.07) is 6.36. The molecule has 206 valence electrons. The summed E-state index contributed by atoms with van der Waals surface area (Å²) in [4.78, 5) is 21.2. The van der Waals surface area contributed by atoms with E-state index in [1.165, 1.54) is 26.4 Å². The molecule has 1 aromatic carbocycles. The van der Waals surface area contributed by atoms with Crippen LogP contribution in [-0.4, -0.2) is 74.6 Å². The fourth-order valence-corrected chi connectivity index (χ4v) is 4.81. The van der Waals surface area contributed by atoms with Crippen LogP contribution in [0.15, 0.2) is 43.1 Å². The van der Waals surface area contributed by atoms with E-state index in [1.807, 2.05) is 6.07 Å². The number of aromatic nitrogens is 2. The van der Waals surface area contributed by atoms with E-state index < -0.39 is 5.82 Å². The summed E-state index contributed by atoms with van der Waals surface area (Å²) >= 11 is 0. The number of amides is 1. The molecule has 2 saturated heterocycles. The minimum atomic E-state index is -0.532. The lowest BCUT2D eigenvalue weighted by molar-refractivity contribution is -0.117. The molecule has 3 aromatic rings. The lowest BCUT2D eigenvalue weighted by Gasteiger charge is -2.21. The van der Waals surface area contributed by atoms with Gasteiger partial charge in [0.2, 0.25) is 5.91 Å². The first-order valence-electron chi connectivity index (χ1n) is 12.8. The molecule has 3 atom stereocenters. The van der Waals surface area contributed by atoms with E-state index in [9.17, 15) is 4.79 Å². The molecular weight excluding hydrogens is 505 g/mol. The Hall–Kier alpha value is -3.96. The zero-order valence-electron chi connectivity index (χ0n) is 22.0. The second-order valence-corrected chi connectivity index (χ2v) is 9.46. The average molecular weight is 538 g/mol. The molecule has 1 amide bonds. The molecule has 0 spiro atoms. The Bertz CT molecular complexity index is 1360. The number of fused-ring (bicyclic) bond motifs is 1. The van der Waals surface area contributed by atoms with Crippen LogP contribution in [0.4, 0.5) is 16.0 Å². The number of pyridine rings is 2. The first-order chi connectivity index (χ1) is 19.0. The number of carbonyl (C=O) groups excluding carboxylic acids is 1. The summed E-state index contributed by atoms with van der Waals surface area (Å²) in [7, 11) is 2.92. The number of ether oxygens (including phenoxy) is 4. The van der Waals surface area contributed by atoms with Gasteiger partial charge in [0.05, 0.1) is 51.3 Å². The maximum Gasteiger partial charge on any atom is 0.243 e. The van der Waals surface area contributed by atoms with Gasteiger partial charge in [-0.2, -0.15) is 0 Å². The van der Waals surface area contributed by atoms with Gasteiger partial charge in [0.1, 0.15) is 17.4 Å². The molecule has 4 heterocycles. The van der Waals surface area contributed by atoms with Crippen LogP contribution >= 0.6 is 0 Å². The molecule has 0 aliphatic carbocycles. The highest BCUT2D eigenvalue weighted by Gasteiger charge is 2.29. The topological polar surface area (TPSA) is 116 Å². The van der Waals surface area contributed by atoms with Crippen LogP contribution in [0.2, 0.25) is 0 Å². The van der Waals surface area contributed by atoms with Crippen LogP contribution in [0.1, 0.15) is 12.8 Å². The predicted molar refractivity (Wildman–Crippen MR) is 146 cm³/mol. The Balaban J connectivity index is 1.51. The summed E-state index contributed by atoms with van der Waals surface area (Å²) in [6.45, 7) is 5.61. The SMILES string of the molecule is C=CC(=O)N[C@H]1COC[C@H]1Nc1cc2c(NCC3CCCO3)nc(-c3cc(OC)cc(OC)c3F)cc2cn1. The van der Waals surface area contributed by atoms with Crippen molar-refractivity contribution in [1.82, 2.24) is 15.3 Å². The number of carbonyl (C=O) groups is 1. The highest BCUT2D eigenvalue weighted by Crippen LogP contribution is 2.36. The van der Waals surface area contributed by atoms with Crippen molar-refractivity contribution < 1.29 is 28.1 Å². The monoisotopic (exact) mass is 537 g/mol. The number of halogens is 1. The third-order valence-corrected chi connectivity index (χ3v) is 6.91. The van der Waals surface area contributed by atoms with Crippen LogP contribution in [-0.2, 0) is 14.3 Å².